The molecule has 0 aliphatic carbocycles. The number of rotatable bonds is 3. The summed E-state index contributed by atoms with van der Waals surface area (Å²) in [4.78, 5) is 0. The predicted molar refractivity (Wildman–Crippen MR) is 56.2 cm³/mol. The first-order valence-electron chi connectivity index (χ1n) is 3.70. The fraction of sp³-hybridized carbons (Fsp3) is 0.429. The van der Waals surface area contributed by atoms with E-state index in [-0.39, 0.29) is 0 Å². The van der Waals surface area contributed by atoms with Crippen LogP contribution in [0.4, 0.5) is 0 Å². The van der Waals surface area contributed by atoms with Crippen molar-refractivity contribution in [2.24, 2.45) is 31.9 Å². The normalized spacial score (nSPS) is 15.5. The predicted octanol–water partition coefficient (Wildman–Crippen LogP) is 0.102. The van der Waals surface area contributed by atoms with Gasteiger partial charge in [-0.1, -0.05) is 0 Å². The molecular formula is C7H14N6. The van der Waals surface area contributed by atoms with Gasteiger partial charge in [0, 0.05) is 0 Å². The summed E-state index contributed by atoms with van der Waals surface area (Å²) in [6.07, 6.45) is 1.45. The Morgan fingerprint density at radius 3 is 1.92 bits per heavy atom. The van der Waals surface area contributed by atoms with Gasteiger partial charge in [-0.3, -0.25) is 0 Å². The van der Waals surface area contributed by atoms with Gasteiger partial charge in [-0.2, -0.15) is 10.2 Å². The second-order valence-corrected chi connectivity index (χ2v) is 2.47. The average Bonchev–Trinajstić information content (AvgIpc) is 2.00. The first kappa shape index (κ1) is 11.3. The molecule has 0 unspecified atom stereocenters. The van der Waals surface area contributed by atoms with Crippen LogP contribution < -0.4 is 11.5 Å². The Morgan fingerprint density at radius 2 is 1.46 bits per heavy atom. The van der Waals surface area contributed by atoms with Crippen LogP contribution in [0.3, 0.4) is 0 Å². The highest BCUT2D eigenvalue weighted by molar-refractivity contribution is 6.29. The molecule has 6 heteroatoms. The van der Waals surface area contributed by atoms with E-state index in [1.54, 1.807) is 20.8 Å². The van der Waals surface area contributed by atoms with Gasteiger partial charge >= 0.3 is 0 Å². The van der Waals surface area contributed by atoms with Gasteiger partial charge in [-0.25, -0.2) is 0 Å². The van der Waals surface area contributed by atoms with Crippen LogP contribution in [0.2, 0.25) is 0 Å². The Hall–Kier alpha value is -1.72. The molecule has 0 saturated heterocycles. The quantitative estimate of drug-likeness (QED) is 0.367. The van der Waals surface area contributed by atoms with Crippen LogP contribution in [0.1, 0.15) is 20.8 Å². The third kappa shape index (κ3) is 8.18. The second kappa shape index (κ2) is 5.87. The molecule has 0 bridgehead atoms. The van der Waals surface area contributed by atoms with Gasteiger partial charge in [0.1, 0.15) is 11.7 Å². The highest BCUT2D eigenvalue weighted by Gasteiger charge is 1.82. The summed E-state index contributed by atoms with van der Waals surface area (Å²) in [5, 5.41) is 14.6. The number of hydrogen-bond donors (Lipinski definition) is 2. The van der Waals surface area contributed by atoms with Crippen LogP contribution in [-0.2, 0) is 0 Å². The molecule has 72 valence electrons. The van der Waals surface area contributed by atoms with E-state index in [1.165, 1.54) is 6.21 Å². The van der Waals surface area contributed by atoms with Crippen molar-refractivity contribution in [3.05, 3.63) is 0 Å². The van der Waals surface area contributed by atoms with Gasteiger partial charge in [0.05, 0.1) is 11.9 Å². The van der Waals surface area contributed by atoms with Crippen molar-refractivity contribution in [2.75, 3.05) is 0 Å². The molecule has 4 N–H and O–H groups in total. The van der Waals surface area contributed by atoms with Crippen LogP contribution in [0.5, 0.6) is 0 Å². The van der Waals surface area contributed by atoms with Crippen molar-refractivity contribution in [3.63, 3.8) is 0 Å². The Kier molecular flexibility index (Phi) is 5.09. The molecule has 6 nitrogen and oxygen atoms in total. The molecule has 0 fully saturated rings. The number of nitrogens with zero attached hydrogens (tertiary/aromatic N) is 4. The van der Waals surface area contributed by atoms with E-state index in [0.717, 1.165) is 0 Å². The van der Waals surface area contributed by atoms with E-state index in [4.69, 9.17) is 11.5 Å². The van der Waals surface area contributed by atoms with Gasteiger partial charge in [0.2, 0.25) is 0 Å². The van der Waals surface area contributed by atoms with Crippen molar-refractivity contribution in [1.82, 2.24) is 0 Å². The minimum atomic E-state index is 0.391. The lowest BCUT2D eigenvalue weighted by Crippen LogP contribution is -2.05. The molecule has 13 heavy (non-hydrogen) atoms. The molecule has 0 aliphatic heterocycles. The van der Waals surface area contributed by atoms with E-state index in [0.29, 0.717) is 17.4 Å². The zero-order chi connectivity index (χ0) is 10.3. The highest BCUT2D eigenvalue weighted by atomic mass is 15.3. The van der Waals surface area contributed by atoms with Gasteiger partial charge in [0.15, 0.2) is 0 Å². The molecule has 0 spiro atoms. The van der Waals surface area contributed by atoms with Crippen LogP contribution in [0.25, 0.3) is 0 Å². The van der Waals surface area contributed by atoms with Gasteiger partial charge in [-0.15, -0.1) is 10.2 Å². The van der Waals surface area contributed by atoms with Crippen LogP contribution in [0, 0.1) is 0 Å². The Morgan fingerprint density at radius 1 is 0.923 bits per heavy atom. The third-order valence-corrected chi connectivity index (χ3v) is 0.826. The molecule has 0 amide bonds. The molecule has 0 aromatic heterocycles. The first-order chi connectivity index (χ1) is 6.02. The summed E-state index contributed by atoms with van der Waals surface area (Å²) in [7, 11) is 0. The second-order valence-electron chi connectivity index (χ2n) is 2.47. The van der Waals surface area contributed by atoms with E-state index in [9.17, 15) is 0 Å². The monoisotopic (exact) mass is 182 g/mol. The highest BCUT2D eigenvalue weighted by Crippen LogP contribution is 1.78. The maximum atomic E-state index is 5.27. The number of nitrogens with two attached hydrogens (primary N) is 2. The fourth-order valence-electron chi connectivity index (χ4n) is 0.387. The van der Waals surface area contributed by atoms with Gasteiger partial charge < -0.3 is 11.5 Å². The molecule has 0 atom stereocenters. The molecule has 0 aromatic carbocycles. The zero-order valence-corrected chi connectivity index (χ0v) is 8.02. The van der Waals surface area contributed by atoms with E-state index in [2.05, 4.69) is 20.4 Å². The van der Waals surface area contributed by atoms with Gasteiger partial charge in [0.25, 0.3) is 0 Å². The molecule has 0 heterocycles. The van der Waals surface area contributed by atoms with Crippen LogP contribution in [-0.4, -0.2) is 23.6 Å². The minimum Gasteiger partial charge on any atom is -0.386 e. The van der Waals surface area contributed by atoms with Crippen molar-refractivity contribution >= 4 is 23.6 Å². The molecular weight excluding hydrogens is 168 g/mol. The van der Waals surface area contributed by atoms with Crippen molar-refractivity contribution in [3.8, 4) is 0 Å². The fourth-order valence-corrected chi connectivity index (χ4v) is 0.387. The molecule has 0 aromatic rings. The van der Waals surface area contributed by atoms with E-state index < -0.39 is 0 Å². The third-order valence-electron chi connectivity index (χ3n) is 0.826. The Balaban J connectivity index is 4.22. The van der Waals surface area contributed by atoms with Crippen molar-refractivity contribution in [1.29, 1.82) is 0 Å². The van der Waals surface area contributed by atoms with Crippen molar-refractivity contribution < 1.29 is 0 Å². The average molecular weight is 182 g/mol. The van der Waals surface area contributed by atoms with Crippen LogP contribution >= 0.6 is 0 Å². The summed E-state index contributed by atoms with van der Waals surface area (Å²) in [6.45, 7) is 5.03. The lowest BCUT2D eigenvalue weighted by Gasteiger charge is -1.86. The van der Waals surface area contributed by atoms with Crippen LogP contribution in [0.15, 0.2) is 20.4 Å². The van der Waals surface area contributed by atoms with E-state index in [1.807, 2.05) is 0 Å². The topological polar surface area (TPSA) is 101 Å². The minimum absolute atomic E-state index is 0.391. The smallest absolute Gasteiger partial charge is 0.119 e. The summed E-state index contributed by atoms with van der Waals surface area (Å²) in [5.41, 5.74) is 11.1. The lowest BCUT2D eigenvalue weighted by atomic mass is 10.5. The Bertz CT molecular complexity index is 265. The summed E-state index contributed by atoms with van der Waals surface area (Å²) >= 11 is 0. The largest absolute Gasteiger partial charge is 0.386 e. The molecule has 0 rings (SSSR count). The molecule has 0 radical (unpaired) electrons. The van der Waals surface area contributed by atoms with Crippen molar-refractivity contribution in [2.45, 2.75) is 20.8 Å². The summed E-state index contributed by atoms with van der Waals surface area (Å²) in [6, 6.07) is 0. The number of hydrogen-bond acceptors (Lipinski definition) is 4. The summed E-state index contributed by atoms with van der Waals surface area (Å²) in [5.74, 6) is 0.786. The van der Waals surface area contributed by atoms with Gasteiger partial charge in [-0.05, 0) is 20.8 Å². The summed E-state index contributed by atoms with van der Waals surface area (Å²) < 4.78 is 0. The van der Waals surface area contributed by atoms with E-state index >= 15 is 0 Å². The number of amidine groups is 2. The molecule has 0 saturated carbocycles. The lowest BCUT2D eigenvalue weighted by molar-refractivity contribution is 1.20. The maximum Gasteiger partial charge on any atom is 0.119 e. The molecule has 0 aliphatic rings. The Labute approximate surface area is 77.1 Å². The first-order valence-corrected chi connectivity index (χ1v) is 3.70. The maximum absolute atomic E-state index is 5.27. The standard InChI is InChI=1S/C7H14N6/c1-5(11-13-7(3)9)4-10-12-6(2)8/h4H,1-3H3,(H2,8,12)(H2,9,13)/b10-4-,11-5-. The SMILES string of the molecule is CC(/C=N\N=C(/C)N)=N/N=C(\C)N. The zero-order valence-electron chi connectivity index (χ0n) is 8.02.